The summed E-state index contributed by atoms with van der Waals surface area (Å²) >= 11 is 1.76. The molecule has 0 saturated carbocycles. The highest BCUT2D eigenvalue weighted by Crippen LogP contribution is 2.33. The Morgan fingerprint density at radius 1 is 1.38 bits per heavy atom. The molecule has 1 N–H and O–H groups in total. The van der Waals surface area contributed by atoms with Crippen molar-refractivity contribution >= 4 is 17.2 Å². The number of aromatic amines is 1. The van der Waals surface area contributed by atoms with Gasteiger partial charge in [0.15, 0.2) is 0 Å². The number of aryl methyl sites for hydroxylation is 2. The SMILES string of the molecule is Cc1ccc(-c2nc([C@H]3CC(=O)N(C(C)C)C3)[nH]c2C)s1. The summed E-state index contributed by atoms with van der Waals surface area (Å²) in [7, 11) is 0. The average Bonchev–Trinajstić information content (AvgIpc) is 3.08. The van der Waals surface area contributed by atoms with E-state index in [0.29, 0.717) is 6.42 Å². The molecule has 1 saturated heterocycles. The van der Waals surface area contributed by atoms with Gasteiger partial charge in [0.05, 0.1) is 4.88 Å². The summed E-state index contributed by atoms with van der Waals surface area (Å²) in [4.78, 5) is 24.6. The van der Waals surface area contributed by atoms with E-state index < -0.39 is 0 Å². The lowest BCUT2D eigenvalue weighted by molar-refractivity contribution is -0.129. The first-order chi connectivity index (χ1) is 9.95. The number of hydrogen-bond donors (Lipinski definition) is 1. The minimum absolute atomic E-state index is 0.188. The Kier molecular flexibility index (Phi) is 3.61. The number of carbonyl (C=O) groups excluding carboxylic acids is 1. The standard InChI is InChI=1S/C16H21N3OS/c1-9(2)19-8-12(7-14(19)20)16-17-11(4)15(18-16)13-6-5-10(3)21-13/h5-6,9,12H,7-8H2,1-4H3,(H,17,18)/t12-/m0/s1. The van der Waals surface area contributed by atoms with Crippen molar-refractivity contribution in [1.29, 1.82) is 0 Å². The van der Waals surface area contributed by atoms with Crippen LogP contribution in [0.15, 0.2) is 12.1 Å². The summed E-state index contributed by atoms with van der Waals surface area (Å²) in [5.41, 5.74) is 2.11. The van der Waals surface area contributed by atoms with Gasteiger partial charge in [-0.05, 0) is 39.8 Å². The number of carbonyl (C=O) groups is 1. The van der Waals surface area contributed by atoms with E-state index >= 15 is 0 Å². The van der Waals surface area contributed by atoms with Crippen molar-refractivity contribution in [3.63, 3.8) is 0 Å². The Labute approximate surface area is 129 Å². The smallest absolute Gasteiger partial charge is 0.223 e. The van der Waals surface area contributed by atoms with E-state index in [1.54, 1.807) is 11.3 Å². The number of amides is 1. The number of likely N-dealkylation sites (tertiary alicyclic amines) is 1. The van der Waals surface area contributed by atoms with Crippen LogP contribution < -0.4 is 0 Å². The lowest BCUT2D eigenvalue weighted by Gasteiger charge is -2.20. The van der Waals surface area contributed by atoms with E-state index in [-0.39, 0.29) is 17.9 Å². The van der Waals surface area contributed by atoms with Crippen LogP contribution in [0.4, 0.5) is 0 Å². The van der Waals surface area contributed by atoms with Gasteiger partial charge >= 0.3 is 0 Å². The molecule has 21 heavy (non-hydrogen) atoms. The lowest BCUT2D eigenvalue weighted by atomic mass is 10.1. The van der Waals surface area contributed by atoms with Crippen molar-refractivity contribution in [3.05, 3.63) is 28.5 Å². The average molecular weight is 303 g/mol. The molecule has 2 aromatic rings. The third-order valence-corrected chi connectivity index (χ3v) is 5.05. The maximum Gasteiger partial charge on any atom is 0.223 e. The fraction of sp³-hybridized carbons (Fsp3) is 0.500. The molecule has 112 valence electrons. The minimum atomic E-state index is 0.188. The summed E-state index contributed by atoms with van der Waals surface area (Å²) in [6.45, 7) is 9.05. The highest BCUT2D eigenvalue weighted by atomic mass is 32.1. The second-order valence-corrected chi connectivity index (χ2v) is 7.33. The molecular weight excluding hydrogens is 282 g/mol. The number of nitrogens with zero attached hydrogens (tertiary/aromatic N) is 2. The van der Waals surface area contributed by atoms with Gasteiger partial charge in [0.25, 0.3) is 0 Å². The number of H-pyrrole nitrogens is 1. The first-order valence-corrected chi connectivity index (χ1v) is 8.20. The quantitative estimate of drug-likeness (QED) is 0.943. The van der Waals surface area contributed by atoms with Crippen LogP contribution in [0.25, 0.3) is 10.6 Å². The van der Waals surface area contributed by atoms with Crippen LogP contribution in [-0.2, 0) is 4.79 Å². The fourth-order valence-corrected chi connectivity index (χ4v) is 3.81. The summed E-state index contributed by atoms with van der Waals surface area (Å²) < 4.78 is 0. The molecule has 0 spiro atoms. The Morgan fingerprint density at radius 2 is 2.14 bits per heavy atom. The molecule has 3 rings (SSSR count). The van der Waals surface area contributed by atoms with Gasteiger partial charge in [-0.1, -0.05) is 0 Å². The number of aromatic nitrogens is 2. The van der Waals surface area contributed by atoms with E-state index in [1.807, 2.05) is 4.90 Å². The van der Waals surface area contributed by atoms with Crippen molar-refractivity contribution in [2.24, 2.45) is 0 Å². The Bertz CT molecular complexity index is 671. The number of thiophene rings is 1. The lowest BCUT2D eigenvalue weighted by Crippen LogP contribution is -2.31. The Hall–Kier alpha value is -1.62. The monoisotopic (exact) mass is 303 g/mol. The molecule has 1 fully saturated rings. The Balaban J connectivity index is 1.87. The van der Waals surface area contributed by atoms with Crippen molar-refractivity contribution < 1.29 is 4.79 Å². The highest BCUT2D eigenvalue weighted by molar-refractivity contribution is 7.15. The zero-order valence-corrected chi connectivity index (χ0v) is 13.8. The van der Waals surface area contributed by atoms with E-state index in [2.05, 4.69) is 44.8 Å². The molecule has 0 unspecified atom stereocenters. The van der Waals surface area contributed by atoms with E-state index in [0.717, 1.165) is 23.8 Å². The first kappa shape index (κ1) is 14.3. The van der Waals surface area contributed by atoms with E-state index in [4.69, 9.17) is 4.98 Å². The molecular formula is C16H21N3OS. The summed E-state index contributed by atoms with van der Waals surface area (Å²) in [6, 6.07) is 4.50. The molecule has 1 aliphatic rings. The first-order valence-electron chi connectivity index (χ1n) is 7.38. The minimum Gasteiger partial charge on any atom is -0.345 e. The number of imidazole rings is 1. The van der Waals surface area contributed by atoms with Gasteiger partial charge in [-0.25, -0.2) is 4.98 Å². The van der Waals surface area contributed by atoms with Gasteiger partial charge in [-0.2, -0.15) is 0 Å². The van der Waals surface area contributed by atoms with Gasteiger partial charge in [-0.15, -0.1) is 11.3 Å². The molecule has 0 radical (unpaired) electrons. The van der Waals surface area contributed by atoms with Crippen LogP contribution in [0.1, 0.15) is 42.6 Å². The van der Waals surface area contributed by atoms with Gasteiger partial charge in [-0.3, -0.25) is 4.79 Å². The zero-order chi connectivity index (χ0) is 15.1. The van der Waals surface area contributed by atoms with Crippen molar-refractivity contribution in [1.82, 2.24) is 14.9 Å². The molecule has 0 bridgehead atoms. The predicted molar refractivity (Wildman–Crippen MR) is 85.6 cm³/mol. The highest BCUT2D eigenvalue weighted by Gasteiger charge is 2.34. The van der Waals surface area contributed by atoms with Gasteiger partial charge < -0.3 is 9.88 Å². The molecule has 2 aromatic heterocycles. The maximum absolute atomic E-state index is 12.1. The van der Waals surface area contributed by atoms with Crippen LogP contribution in [0.2, 0.25) is 0 Å². The second-order valence-electron chi connectivity index (χ2n) is 6.05. The molecule has 1 atom stereocenters. The summed E-state index contributed by atoms with van der Waals surface area (Å²) in [5.74, 6) is 1.37. The summed E-state index contributed by atoms with van der Waals surface area (Å²) in [5, 5.41) is 0. The van der Waals surface area contributed by atoms with Gasteiger partial charge in [0.1, 0.15) is 11.5 Å². The van der Waals surface area contributed by atoms with Gasteiger partial charge in [0, 0.05) is 35.5 Å². The van der Waals surface area contributed by atoms with Crippen LogP contribution in [0.3, 0.4) is 0 Å². The maximum atomic E-state index is 12.1. The molecule has 1 aliphatic heterocycles. The zero-order valence-electron chi connectivity index (χ0n) is 12.9. The van der Waals surface area contributed by atoms with Crippen molar-refractivity contribution in [3.8, 4) is 10.6 Å². The molecule has 1 amide bonds. The fourth-order valence-electron chi connectivity index (χ4n) is 2.89. The molecule has 0 aromatic carbocycles. The largest absolute Gasteiger partial charge is 0.345 e. The molecule has 0 aliphatic carbocycles. The number of nitrogens with one attached hydrogen (secondary N) is 1. The third kappa shape index (κ3) is 2.62. The number of hydrogen-bond acceptors (Lipinski definition) is 3. The van der Waals surface area contributed by atoms with Crippen LogP contribution >= 0.6 is 11.3 Å². The van der Waals surface area contributed by atoms with Crippen LogP contribution in [0.5, 0.6) is 0 Å². The molecule has 3 heterocycles. The van der Waals surface area contributed by atoms with Crippen LogP contribution in [-0.4, -0.2) is 33.4 Å². The van der Waals surface area contributed by atoms with Crippen molar-refractivity contribution in [2.75, 3.05) is 6.54 Å². The van der Waals surface area contributed by atoms with Crippen LogP contribution in [0, 0.1) is 13.8 Å². The third-order valence-electron chi connectivity index (χ3n) is 4.05. The summed E-state index contributed by atoms with van der Waals surface area (Å²) in [6.07, 6.45) is 0.564. The van der Waals surface area contributed by atoms with Crippen molar-refractivity contribution in [2.45, 2.75) is 46.1 Å². The van der Waals surface area contributed by atoms with Gasteiger partial charge in [0.2, 0.25) is 5.91 Å². The number of rotatable bonds is 3. The predicted octanol–water partition coefficient (Wildman–Crippen LogP) is 3.48. The normalized spacial score (nSPS) is 19.0. The Morgan fingerprint density at radius 3 is 2.71 bits per heavy atom. The van der Waals surface area contributed by atoms with E-state index in [9.17, 15) is 4.79 Å². The second kappa shape index (κ2) is 5.30. The molecule has 4 nitrogen and oxygen atoms in total. The van der Waals surface area contributed by atoms with E-state index in [1.165, 1.54) is 9.75 Å². The molecule has 5 heteroatoms. The topological polar surface area (TPSA) is 49.0 Å².